The summed E-state index contributed by atoms with van der Waals surface area (Å²) in [5.41, 5.74) is 0.449. The third-order valence-electron chi connectivity index (χ3n) is 3.17. The summed E-state index contributed by atoms with van der Waals surface area (Å²) >= 11 is 0. The van der Waals surface area contributed by atoms with Crippen molar-refractivity contribution in [2.75, 3.05) is 33.2 Å². The molecule has 1 N–H and O–H groups in total. The van der Waals surface area contributed by atoms with Gasteiger partial charge in [-0.2, -0.15) is 0 Å². The molecule has 0 radical (unpaired) electrons. The van der Waals surface area contributed by atoms with Crippen LogP contribution in [-0.4, -0.2) is 44.2 Å². The van der Waals surface area contributed by atoms with Gasteiger partial charge in [0.1, 0.15) is 23.1 Å². The lowest BCUT2D eigenvalue weighted by Gasteiger charge is -2.12. The van der Waals surface area contributed by atoms with Crippen LogP contribution in [0.15, 0.2) is 30.5 Å². The molecule has 0 saturated carbocycles. The molecule has 7 nitrogen and oxygen atoms in total. The van der Waals surface area contributed by atoms with Gasteiger partial charge >= 0.3 is 0 Å². The molecular formula is C16H20N4O3. The van der Waals surface area contributed by atoms with E-state index in [9.17, 15) is 4.79 Å². The zero-order valence-electron chi connectivity index (χ0n) is 13.7. The second-order valence-electron chi connectivity index (χ2n) is 5.01. The topological polar surface area (TPSA) is 76.6 Å². The minimum absolute atomic E-state index is 0.236. The number of methoxy groups -OCH3 is 2. The van der Waals surface area contributed by atoms with Crippen molar-refractivity contribution in [3.63, 3.8) is 0 Å². The summed E-state index contributed by atoms with van der Waals surface area (Å²) in [6.45, 7) is 0.236. The molecule has 1 aromatic carbocycles. The van der Waals surface area contributed by atoms with Crippen LogP contribution in [0.3, 0.4) is 0 Å². The van der Waals surface area contributed by atoms with Crippen LogP contribution in [0.1, 0.15) is 16.2 Å². The Balaban J connectivity index is 2.09. The van der Waals surface area contributed by atoms with Crippen molar-refractivity contribution in [2.24, 2.45) is 0 Å². The van der Waals surface area contributed by atoms with Crippen LogP contribution >= 0.6 is 0 Å². The van der Waals surface area contributed by atoms with E-state index >= 15 is 0 Å². The maximum absolute atomic E-state index is 12.3. The average Bonchev–Trinajstić information content (AvgIpc) is 2.59. The molecule has 1 heterocycles. The van der Waals surface area contributed by atoms with Crippen LogP contribution in [0.4, 0.5) is 5.82 Å². The number of nitrogens with one attached hydrogen (secondary N) is 1. The molecule has 0 bridgehead atoms. The summed E-state index contributed by atoms with van der Waals surface area (Å²) < 4.78 is 10.3. The van der Waals surface area contributed by atoms with Crippen molar-refractivity contribution < 1.29 is 14.3 Å². The van der Waals surface area contributed by atoms with E-state index in [1.807, 2.05) is 19.0 Å². The highest BCUT2D eigenvalue weighted by Gasteiger charge is 2.10. The standard InChI is InChI=1S/C16H20N4O3/c1-20(2)15-5-6-17-14(19-15)10-18-16(21)11-7-12(22-3)9-13(8-11)23-4/h5-9H,10H2,1-4H3,(H,18,21). The monoisotopic (exact) mass is 316 g/mol. The highest BCUT2D eigenvalue weighted by molar-refractivity contribution is 5.95. The summed E-state index contributed by atoms with van der Waals surface area (Å²) in [4.78, 5) is 22.7. The minimum atomic E-state index is -0.249. The number of rotatable bonds is 6. The van der Waals surface area contributed by atoms with Gasteiger partial charge in [-0.1, -0.05) is 0 Å². The lowest BCUT2D eigenvalue weighted by atomic mass is 10.2. The minimum Gasteiger partial charge on any atom is -0.497 e. The van der Waals surface area contributed by atoms with Gasteiger partial charge in [0.05, 0.1) is 20.8 Å². The Morgan fingerprint density at radius 2 is 1.83 bits per heavy atom. The second-order valence-corrected chi connectivity index (χ2v) is 5.01. The summed E-state index contributed by atoms with van der Waals surface area (Å²) in [5, 5.41) is 2.79. The molecule has 0 aliphatic heterocycles. The molecule has 1 amide bonds. The van der Waals surface area contributed by atoms with Crippen molar-refractivity contribution in [2.45, 2.75) is 6.54 Å². The first-order valence-corrected chi connectivity index (χ1v) is 7.04. The third kappa shape index (κ3) is 4.32. The van der Waals surface area contributed by atoms with E-state index in [1.54, 1.807) is 30.5 Å². The molecule has 122 valence electrons. The molecule has 0 fully saturated rings. The molecular weight excluding hydrogens is 296 g/mol. The van der Waals surface area contributed by atoms with Gasteiger partial charge in [-0.3, -0.25) is 4.79 Å². The molecule has 1 aromatic heterocycles. The SMILES string of the molecule is COc1cc(OC)cc(C(=O)NCc2nccc(N(C)C)n2)c1. The Bertz CT molecular complexity index is 667. The fourth-order valence-corrected chi connectivity index (χ4v) is 1.92. The van der Waals surface area contributed by atoms with Crippen LogP contribution in [0.25, 0.3) is 0 Å². The van der Waals surface area contributed by atoms with Gasteiger partial charge in [-0.25, -0.2) is 9.97 Å². The summed E-state index contributed by atoms with van der Waals surface area (Å²) in [7, 11) is 6.87. The Morgan fingerprint density at radius 3 is 2.39 bits per heavy atom. The van der Waals surface area contributed by atoms with E-state index in [4.69, 9.17) is 9.47 Å². The van der Waals surface area contributed by atoms with Gasteiger partial charge in [0.2, 0.25) is 0 Å². The van der Waals surface area contributed by atoms with Crippen molar-refractivity contribution >= 4 is 11.7 Å². The molecule has 0 aliphatic rings. The largest absolute Gasteiger partial charge is 0.497 e. The van der Waals surface area contributed by atoms with Crippen molar-refractivity contribution in [1.29, 1.82) is 0 Å². The number of benzene rings is 1. The van der Waals surface area contributed by atoms with Crippen LogP contribution < -0.4 is 19.7 Å². The van der Waals surface area contributed by atoms with E-state index in [0.717, 1.165) is 5.82 Å². The quantitative estimate of drug-likeness (QED) is 0.870. The molecule has 0 atom stereocenters. The molecule has 0 saturated heterocycles. The zero-order chi connectivity index (χ0) is 16.8. The number of hydrogen-bond donors (Lipinski definition) is 1. The first-order chi connectivity index (χ1) is 11.0. The van der Waals surface area contributed by atoms with Crippen molar-refractivity contribution in [3.05, 3.63) is 41.9 Å². The van der Waals surface area contributed by atoms with E-state index in [2.05, 4.69) is 15.3 Å². The van der Waals surface area contributed by atoms with Gasteiger partial charge in [-0.15, -0.1) is 0 Å². The Kier molecular flexibility index (Phi) is 5.35. The number of aromatic nitrogens is 2. The predicted molar refractivity (Wildman–Crippen MR) is 87.1 cm³/mol. The number of hydrogen-bond acceptors (Lipinski definition) is 6. The fraction of sp³-hybridized carbons (Fsp3) is 0.312. The van der Waals surface area contributed by atoms with Gasteiger partial charge < -0.3 is 19.7 Å². The first-order valence-electron chi connectivity index (χ1n) is 7.04. The fourth-order valence-electron chi connectivity index (χ4n) is 1.92. The highest BCUT2D eigenvalue weighted by atomic mass is 16.5. The van der Waals surface area contributed by atoms with Crippen LogP contribution in [-0.2, 0) is 6.54 Å². The average molecular weight is 316 g/mol. The molecule has 0 unspecified atom stereocenters. The number of anilines is 1. The molecule has 0 spiro atoms. The number of nitrogens with zero attached hydrogens (tertiary/aromatic N) is 3. The number of carbonyl (C=O) groups excluding carboxylic acids is 1. The molecule has 2 rings (SSSR count). The smallest absolute Gasteiger partial charge is 0.251 e. The predicted octanol–water partition coefficient (Wildman–Crippen LogP) is 1.49. The van der Waals surface area contributed by atoms with E-state index in [1.165, 1.54) is 14.2 Å². The van der Waals surface area contributed by atoms with Gasteiger partial charge in [0.25, 0.3) is 5.91 Å². The summed E-state index contributed by atoms with van der Waals surface area (Å²) in [6.07, 6.45) is 1.67. The van der Waals surface area contributed by atoms with Gasteiger partial charge in [-0.05, 0) is 18.2 Å². The lowest BCUT2D eigenvalue weighted by molar-refractivity contribution is 0.0949. The first kappa shape index (κ1) is 16.5. The molecule has 23 heavy (non-hydrogen) atoms. The second kappa shape index (κ2) is 7.44. The van der Waals surface area contributed by atoms with Crippen molar-refractivity contribution in [1.82, 2.24) is 15.3 Å². The van der Waals surface area contributed by atoms with E-state index in [-0.39, 0.29) is 12.5 Å². The zero-order valence-corrected chi connectivity index (χ0v) is 13.7. The Labute approximate surface area is 135 Å². The summed E-state index contributed by atoms with van der Waals surface area (Å²) in [5.74, 6) is 2.19. The maximum Gasteiger partial charge on any atom is 0.251 e. The molecule has 7 heteroatoms. The summed E-state index contributed by atoms with van der Waals surface area (Å²) in [6, 6.07) is 6.81. The van der Waals surface area contributed by atoms with Crippen LogP contribution in [0, 0.1) is 0 Å². The molecule has 2 aromatic rings. The highest BCUT2D eigenvalue weighted by Crippen LogP contribution is 2.22. The van der Waals surface area contributed by atoms with E-state index < -0.39 is 0 Å². The number of ether oxygens (including phenoxy) is 2. The van der Waals surface area contributed by atoms with Crippen molar-refractivity contribution in [3.8, 4) is 11.5 Å². The molecule has 0 aliphatic carbocycles. The Hall–Kier alpha value is -2.83. The van der Waals surface area contributed by atoms with Gasteiger partial charge in [0.15, 0.2) is 0 Å². The normalized spacial score (nSPS) is 10.1. The van der Waals surface area contributed by atoms with Crippen LogP contribution in [0.2, 0.25) is 0 Å². The number of carbonyl (C=O) groups is 1. The van der Waals surface area contributed by atoms with E-state index in [0.29, 0.717) is 22.9 Å². The Morgan fingerprint density at radius 1 is 1.17 bits per heavy atom. The number of amides is 1. The lowest BCUT2D eigenvalue weighted by Crippen LogP contribution is -2.24. The van der Waals surface area contributed by atoms with Crippen LogP contribution in [0.5, 0.6) is 11.5 Å². The van der Waals surface area contributed by atoms with Gasteiger partial charge in [0, 0.05) is 31.9 Å². The maximum atomic E-state index is 12.3. The third-order valence-corrected chi connectivity index (χ3v) is 3.17.